The lowest BCUT2D eigenvalue weighted by atomic mass is 10.1. The number of likely N-dealkylation sites (tertiary alicyclic amines) is 1. The van der Waals surface area contributed by atoms with Gasteiger partial charge in [0, 0.05) is 25.2 Å². The van der Waals surface area contributed by atoms with Gasteiger partial charge in [-0.25, -0.2) is 9.48 Å². The fraction of sp³-hybridized carbons (Fsp3) is 0.412. The van der Waals surface area contributed by atoms with E-state index in [1.165, 1.54) is 17.4 Å². The van der Waals surface area contributed by atoms with Crippen LogP contribution in [0.3, 0.4) is 0 Å². The third-order valence-electron chi connectivity index (χ3n) is 4.98. The van der Waals surface area contributed by atoms with Crippen LogP contribution in [0.15, 0.2) is 39.7 Å². The number of oxazole rings is 1. The highest BCUT2D eigenvalue weighted by Crippen LogP contribution is 2.39. The lowest BCUT2D eigenvalue weighted by Crippen LogP contribution is -2.52. The van der Waals surface area contributed by atoms with Crippen LogP contribution in [0.25, 0.3) is 11.1 Å². The summed E-state index contributed by atoms with van der Waals surface area (Å²) in [5, 5.41) is 8.39. The summed E-state index contributed by atoms with van der Waals surface area (Å²) >= 11 is 0. The second-order valence-corrected chi connectivity index (χ2v) is 6.77. The second-order valence-electron chi connectivity index (χ2n) is 6.77. The minimum atomic E-state index is -0.503. The van der Waals surface area contributed by atoms with Crippen LogP contribution in [0, 0.1) is 0 Å². The van der Waals surface area contributed by atoms with Crippen LogP contribution in [0.1, 0.15) is 30.5 Å². The number of nitrogens with zero attached hydrogens (tertiary/aromatic N) is 5. The zero-order valence-corrected chi connectivity index (χ0v) is 13.5. The monoisotopic (exact) mass is 339 g/mol. The molecule has 2 aromatic heterocycles. The number of hydrogen-bond donors (Lipinski definition) is 0. The molecular formula is C17H17N5O3. The van der Waals surface area contributed by atoms with Crippen molar-refractivity contribution in [3.63, 3.8) is 0 Å². The predicted octanol–water partition coefficient (Wildman–Crippen LogP) is 1.15. The molecule has 0 atom stereocenters. The Labute approximate surface area is 142 Å². The van der Waals surface area contributed by atoms with Crippen molar-refractivity contribution in [2.75, 3.05) is 13.1 Å². The van der Waals surface area contributed by atoms with E-state index in [0.29, 0.717) is 30.1 Å². The van der Waals surface area contributed by atoms with Crippen LogP contribution < -0.4 is 5.76 Å². The summed E-state index contributed by atoms with van der Waals surface area (Å²) in [6.45, 7) is 1.18. The molecule has 25 heavy (non-hydrogen) atoms. The minimum absolute atomic E-state index is 0.00670. The minimum Gasteiger partial charge on any atom is -0.408 e. The molecule has 128 valence electrons. The van der Waals surface area contributed by atoms with E-state index < -0.39 is 5.76 Å². The number of benzene rings is 1. The van der Waals surface area contributed by atoms with E-state index in [1.807, 2.05) is 16.9 Å². The molecule has 2 fully saturated rings. The quantitative estimate of drug-likeness (QED) is 0.712. The van der Waals surface area contributed by atoms with Crippen LogP contribution in [0.5, 0.6) is 0 Å². The van der Waals surface area contributed by atoms with Gasteiger partial charge in [-0.15, -0.1) is 5.10 Å². The van der Waals surface area contributed by atoms with Crippen molar-refractivity contribution in [3.05, 3.63) is 46.7 Å². The van der Waals surface area contributed by atoms with Gasteiger partial charge < -0.3 is 9.32 Å². The van der Waals surface area contributed by atoms with Crippen molar-refractivity contribution >= 4 is 17.0 Å². The van der Waals surface area contributed by atoms with E-state index in [4.69, 9.17) is 4.42 Å². The Balaban J connectivity index is 1.26. The van der Waals surface area contributed by atoms with Gasteiger partial charge in [0.05, 0.1) is 17.3 Å². The third-order valence-corrected chi connectivity index (χ3v) is 4.98. The maximum atomic E-state index is 12.5. The summed E-state index contributed by atoms with van der Waals surface area (Å²) < 4.78 is 8.41. The first-order valence-corrected chi connectivity index (χ1v) is 8.47. The van der Waals surface area contributed by atoms with Crippen molar-refractivity contribution in [1.29, 1.82) is 0 Å². The summed E-state index contributed by atoms with van der Waals surface area (Å²) in [5.74, 6) is -0.0165. The molecule has 5 rings (SSSR count). The Kier molecular flexibility index (Phi) is 3.06. The van der Waals surface area contributed by atoms with Crippen LogP contribution in [0.4, 0.5) is 0 Å². The summed E-state index contributed by atoms with van der Waals surface area (Å²) in [7, 11) is 0. The number of para-hydroxylation sites is 2. The van der Waals surface area contributed by atoms with Gasteiger partial charge in [0.15, 0.2) is 5.58 Å². The van der Waals surface area contributed by atoms with E-state index in [-0.39, 0.29) is 18.5 Å². The van der Waals surface area contributed by atoms with Crippen LogP contribution >= 0.6 is 0 Å². The first kappa shape index (κ1) is 14.4. The van der Waals surface area contributed by atoms with Crippen LogP contribution in [-0.2, 0) is 11.3 Å². The maximum absolute atomic E-state index is 12.5. The first-order valence-electron chi connectivity index (χ1n) is 8.47. The molecule has 0 unspecified atom stereocenters. The van der Waals surface area contributed by atoms with Crippen molar-refractivity contribution < 1.29 is 9.21 Å². The highest BCUT2D eigenvalue weighted by Gasteiger charge is 2.34. The fourth-order valence-electron chi connectivity index (χ4n) is 3.26. The zero-order chi connectivity index (χ0) is 17.0. The molecule has 1 aromatic carbocycles. The molecule has 3 aromatic rings. The molecule has 1 aliphatic heterocycles. The van der Waals surface area contributed by atoms with Gasteiger partial charge in [-0.05, 0) is 25.0 Å². The summed E-state index contributed by atoms with van der Waals surface area (Å²) in [5.41, 5.74) is 2.20. The lowest BCUT2D eigenvalue weighted by molar-refractivity contribution is -0.137. The first-order chi connectivity index (χ1) is 12.2. The topological polar surface area (TPSA) is 86.2 Å². The highest BCUT2D eigenvalue weighted by molar-refractivity contribution is 5.80. The molecule has 1 saturated carbocycles. The molecule has 2 aliphatic rings. The Hall–Kier alpha value is -2.90. The van der Waals surface area contributed by atoms with Gasteiger partial charge in [0.25, 0.3) is 0 Å². The van der Waals surface area contributed by atoms with E-state index in [2.05, 4.69) is 10.3 Å². The predicted molar refractivity (Wildman–Crippen MR) is 88.1 cm³/mol. The zero-order valence-electron chi connectivity index (χ0n) is 13.5. The number of carbonyl (C=O) groups excluding carboxylic acids is 1. The summed E-state index contributed by atoms with van der Waals surface area (Å²) in [6.07, 6.45) is 4.39. The molecule has 0 N–H and O–H groups in total. The number of carbonyl (C=O) groups is 1. The molecule has 1 amide bonds. The van der Waals surface area contributed by atoms with Gasteiger partial charge in [0.2, 0.25) is 5.91 Å². The van der Waals surface area contributed by atoms with Gasteiger partial charge in [-0.2, -0.15) is 0 Å². The molecule has 0 spiro atoms. The smallest absolute Gasteiger partial charge is 0.408 e. The molecule has 1 saturated heterocycles. The van der Waals surface area contributed by atoms with E-state index in [9.17, 15) is 9.59 Å². The average molecular weight is 339 g/mol. The van der Waals surface area contributed by atoms with Gasteiger partial charge in [-0.3, -0.25) is 9.36 Å². The van der Waals surface area contributed by atoms with Crippen molar-refractivity contribution in [2.45, 2.75) is 31.3 Å². The Morgan fingerprint density at radius 1 is 1.24 bits per heavy atom. The standard InChI is InChI=1S/C17H17N5O3/c23-16(10-21-14-3-1-2-4-15(14)25-17(21)24)20-7-12(8-20)22-9-13(18-19-22)11-5-6-11/h1-4,9,11-12H,5-8,10H2. The molecule has 8 heteroatoms. The largest absolute Gasteiger partial charge is 0.420 e. The van der Waals surface area contributed by atoms with E-state index >= 15 is 0 Å². The van der Waals surface area contributed by atoms with E-state index in [0.717, 1.165) is 5.69 Å². The highest BCUT2D eigenvalue weighted by atomic mass is 16.4. The fourth-order valence-corrected chi connectivity index (χ4v) is 3.26. The SMILES string of the molecule is O=C(Cn1c(=O)oc2ccccc21)N1CC(n2cc(C3CC3)nn2)C1. The Bertz CT molecular complexity index is 1010. The van der Waals surface area contributed by atoms with Crippen molar-refractivity contribution in [2.24, 2.45) is 0 Å². The number of fused-ring (bicyclic) bond motifs is 1. The Morgan fingerprint density at radius 3 is 2.84 bits per heavy atom. The molecule has 3 heterocycles. The third kappa shape index (κ3) is 2.45. The number of hydrogen-bond acceptors (Lipinski definition) is 5. The average Bonchev–Trinajstić information content (AvgIpc) is 3.22. The molecule has 0 radical (unpaired) electrons. The normalized spacial score (nSPS) is 17.8. The lowest BCUT2D eigenvalue weighted by Gasteiger charge is -2.38. The molecule has 1 aliphatic carbocycles. The van der Waals surface area contributed by atoms with E-state index in [1.54, 1.807) is 23.1 Å². The molecule has 0 bridgehead atoms. The molecule has 8 nitrogen and oxygen atoms in total. The number of rotatable bonds is 4. The van der Waals surface area contributed by atoms with Gasteiger partial charge >= 0.3 is 5.76 Å². The van der Waals surface area contributed by atoms with Gasteiger partial charge in [0.1, 0.15) is 6.54 Å². The van der Waals surface area contributed by atoms with Crippen molar-refractivity contribution in [1.82, 2.24) is 24.5 Å². The summed E-state index contributed by atoms with van der Waals surface area (Å²) in [4.78, 5) is 26.2. The van der Waals surface area contributed by atoms with Gasteiger partial charge in [-0.1, -0.05) is 17.3 Å². The molecular weight excluding hydrogens is 322 g/mol. The van der Waals surface area contributed by atoms with Crippen molar-refractivity contribution in [3.8, 4) is 0 Å². The number of aromatic nitrogens is 4. The van der Waals surface area contributed by atoms with Crippen LogP contribution in [0.2, 0.25) is 0 Å². The summed E-state index contributed by atoms with van der Waals surface area (Å²) in [6, 6.07) is 7.29. The number of amides is 1. The Morgan fingerprint density at radius 2 is 2.04 bits per heavy atom. The maximum Gasteiger partial charge on any atom is 0.420 e. The van der Waals surface area contributed by atoms with Crippen LogP contribution in [-0.4, -0.2) is 43.5 Å². The second kappa shape index (κ2) is 5.30.